The molecule has 0 aliphatic carbocycles. The highest BCUT2D eigenvalue weighted by molar-refractivity contribution is 5.45. The number of ether oxygens (including phenoxy) is 1. The van der Waals surface area contributed by atoms with E-state index in [0.29, 0.717) is 5.92 Å². The summed E-state index contributed by atoms with van der Waals surface area (Å²) < 4.78 is 5.41. The summed E-state index contributed by atoms with van der Waals surface area (Å²) >= 11 is 0. The standard InChI is InChI=1S/C18H28O/c1-6-8-9-11-16(10-7-2)17-12-13-18(19-5)15(4)14(17)3/h8-9,12-13,16H,6-7,10-11H2,1-5H3/b9-8-. The lowest BCUT2D eigenvalue weighted by atomic mass is 9.86. The van der Waals surface area contributed by atoms with Crippen LogP contribution in [0.25, 0.3) is 0 Å². The van der Waals surface area contributed by atoms with Crippen molar-refractivity contribution < 1.29 is 4.74 Å². The molecular weight excluding hydrogens is 232 g/mol. The van der Waals surface area contributed by atoms with Gasteiger partial charge in [-0.15, -0.1) is 0 Å². The molecule has 0 radical (unpaired) electrons. The van der Waals surface area contributed by atoms with Crippen LogP contribution >= 0.6 is 0 Å². The number of benzene rings is 1. The van der Waals surface area contributed by atoms with Gasteiger partial charge in [0.15, 0.2) is 0 Å². The average Bonchev–Trinajstić information content (AvgIpc) is 2.41. The van der Waals surface area contributed by atoms with E-state index in [4.69, 9.17) is 4.74 Å². The molecular formula is C18H28O. The van der Waals surface area contributed by atoms with E-state index in [1.165, 1.54) is 29.5 Å². The molecule has 106 valence electrons. The predicted octanol–water partition coefficient (Wildman–Crippen LogP) is 5.55. The van der Waals surface area contributed by atoms with Gasteiger partial charge in [-0.05, 0) is 61.8 Å². The SMILES string of the molecule is CC/C=C\CC(CCC)c1ccc(OC)c(C)c1C. The van der Waals surface area contributed by atoms with Crippen LogP contribution in [0, 0.1) is 13.8 Å². The summed E-state index contributed by atoms with van der Waals surface area (Å²) in [7, 11) is 1.74. The van der Waals surface area contributed by atoms with E-state index >= 15 is 0 Å². The molecule has 1 rings (SSSR count). The summed E-state index contributed by atoms with van der Waals surface area (Å²) in [5, 5.41) is 0. The highest BCUT2D eigenvalue weighted by Crippen LogP contribution is 2.33. The molecule has 1 heteroatoms. The second-order valence-corrected chi connectivity index (χ2v) is 5.21. The van der Waals surface area contributed by atoms with Gasteiger partial charge in [-0.2, -0.15) is 0 Å². The van der Waals surface area contributed by atoms with E-state index in [1.54, 1.807) is 7.11 Å². The summed E-state index contributed by atoms with van der Waals surface area (Å²) in [6.45, 7) is 8.83. The maximum atomic E-state index is 5.41. The van der Waals surface area contributed by atoms with Gasteiger partial charge in [0.25, 0.3) is 0 Å². The molecule has 0 saturated carbocycles. The van der Waals surface area contributed by atoms with Crippen molar-refractivity contribution >= 4 is 0 Å². The summed E-state index contributed by atoms with van der Waals surface area (Å²) in [4.78, 5) is 0. The van der Waals surface area contributed by atoms with E-state index < -0.39 is 0 Å². The molecule has 1 aromatic carbocycles. The van der Waals surface area contributed by atoms with Crippen molar-refractivity contribution in [3.05, 3.63) is 41.0 Å². The zero-order valence-corrected chi connectivity index (χ0v) is 13.1. The fourth-order valence-corrected chi connectivity index (χ4v) is 2.66. The monoisotopic (exact) mass is 260 g/mol. The normalized spacial score (nSPS) is 12.9. The van der Waals surface area contributed by atoms with E-state index in [2.05, 4.69) is 52.0 Å². The van der Waals surface area contributed by atoms with Crippen LogP contribution in [-0.2, 0) is 0 Å². The Bertz CT molecular complexity index is 418. The molecule has 0 spiro atoms. The number of methoxy groups -OCH3 is 1. The van der Waals surface area contributed by atoms with Gasteiger partial charge in [-0.3, -0.25) is 0 Å². The third-order valence-corrected chi connectivity index (χ3v) is 3.90. The zero-order chi connectivity index (χ0) is 14.3. The topological polar surface area (TPSA) is 9.23 Å². The lowest BCUT2D eigenvalue weighted by Gasteiger charge is -2.20. The van der Waals surface area contributed by atoms with Crippen LogP contribution in [0.4, 0.5) is 0 Å². The van der Waals surface area contributed by atoms with Crippen molar-refractivity contribution in [3.63, 3.8) is 0 Å². The molecule has 0 aliphatic heterocycles. The molecule has 0 aliphatic rings. The molecule has 0 amide bonds. The zero-order valence-electron chi connectivity index (χ0n) is 13.1. The molecule has 1 nitrogen and oxygen atoms in total. The van der Waals surface area contributed by atoms with Crippen LogP contribution in [0.2, 0.25) is 0 Å². The van der Waals surface area contributed by atoms with Gasteiger partial charge in [-0.25, -0.2) is 0 Å². The van der Waals surface area contributed by atoms with Gasteiger partial charge in [0.2, 0.25) is 0 Å². The van der Waals surface area contributed by atoms with Crippen molar-refractivity contribution in [2.24, 2.45) is 0 Å². The summed E-state index contributed by atoms with van der Waals surface area (Å²) in [6.07, 6.45) is 9.36. The molecule has 0 bridgehead atoms. The number of rotatable bonds is 7. The third kappa shape index (κ3) is 4.12. The van der Waals surface area contributed by atoms with Crippen LogP contribution in [0.1, 0.15) is 62.1 Å². The third-order valence-electron chi connectivity index (χ3n) is 3.90. The second-order valence-electron chi connectivity index (χ2n) is 5.21. The van der Waals surface area contributed by atoms with Crippen LogP contribution in [0.3, 0.4) is 0 Å². The molecule has 0 fully saturated rings. The summed E-state index contributed by atoms with van der Waals surface area (Å²) in [6, 6.07) is 4.37. The van der Waals surface area contributed by atoms with Crippen molar-refractivity contribution in [3.8, 4) is 5.75 Å². The van der Waals surface area contributed by atoms with Gasteiger partial charge in [0, 0.05) is 0 Å². The largest absolute Gasteiger partial charge is 0.496 e. The quantitative estimate of drug-likeness (QED) is 0.584. The Hall–Kier alpha value is -1.24. The number of allylic oxidation sites excluding steroid dienone is 2. The Labute approximate surface area is 118 Å². The van der Waals surface area contributed by atoms with Crippen LogP contribution in [-0.4, -0.2) is 7.11 Å². The molecule has 0 N–H and O–H groups in total. The van der Waals surface area contributed by atoms with Gasteiger partial charge in [0.1, 0.15) is 5.75 Å². The van der Waals surface area contributed by atoms with E-state index in [-0.39, 0.29) is 0 Å². The Morgan fingerprint density at radius 3 is 2.42 bits per heavy atom. The predicted molar refractivity (Wildman–Crippen MR) is 84.2 cm³/mol. The fraction of sp³-hybridized carbons (Fsp3) is 0.556. The number of hydrogen-bond acceptors (Lipinski definition) is 1. The smallest absolute Gasteiger partial charge is 0.122 e. The van der Waals surface area contributed by atoms with Crippen molar-refractivity contribution in [2.45, 2.75) is 59.3 Å². The Kier molecular flexibility index (Phi) is 6.69. The summed E-state index contributed by atoms with van der Waals surface area (Å²) in [5.74, 6) is 1.64. The Morgan fingerprint density at radius 2 is 1.84 bits per heavy atom. The first-order valence-electron chi connectivity index (χ1n) is 7.44. The molecule has 0 heterocycles. The van der Waals surface area contributed by atoms with Crippen LogP contribution in [0.5, 0.6) is 5.75 Å². The minimum absolute atomic E-state index is 0.636. The van der Waals surface area contributed by atoms with Crippen molar-refractivity contribution in [1.29, 1.82) is 0 Å². The van der Waals surface area contributed by atoms with E-state index in [0.717, 1.165) is 18.6 Å². The number of hydrogen-bond donors (Lipinski definition) is 0. The Morgan fingerprint density at radius 1 is 1.11 bits per heavy atom. The molecule has 0 saturated heterocycles. The molecule has 1 unspecified atom stereocenters. The molecule has 0 aromatic heterocycles. The first kappa shape index (κ1) is 15.8. The van der Waals surface area contributed by atoms with Gasteiger partial charge >= 0.3 is 0 Å². The second kappa shape index (κ2) is 8.04. The summed E-state index contributed by atoms with van der Waals surface area (Å²) in [5.41, 5.74) is 4.16. The highest BCUT2D eigenvalue weighted by atomic mass is 16.5. The van der Waals surface area contributed by atoms with Crippen molar-refractivity contribution in [2.75, 3.05) is 7.11 Å². The van der Waals surface area contributed by atoms with Crippen LogP contribution in [0.15, 0.2) is 24.3 Å². The first-order valence-corrected chi connectivity index (χ1v) is 7.44. The maximum Gasteiger partial charge on any atom is 0.122 e. The highest BCUT2D eigenvalue weighted by Gasteiger charge is 2.14. The van der Waals surface area contributed by atoms with E-state index in [1.807, 2.05) is 0 Å². The Balaban J connectivity index is 3.01. The van der Waals surface area contributed by atoms with Crippen LogP contribution < -0.4 is 4.74 Å². The first-order chi connectivity index (χ1) is 9.15. The lowest BCUT2D eigenvalue weighted by molar-refractivity contribution is 0.410. The van der Waals surface area contributed by atoms with Gasteiger partial charge in [0.05, 0.1) is 7.11 Å². The minimum Gasteiger partial charge on any atom is -0.496 e. The van der Waals surface area contributed by atoms with Crippen molar-refractivity contribution in [1.82, 2.24) is 0 Å². The molecule has 1 aromatic rings. The molecule has 19 heavy (non-hydrogen) atoms. The maximum absolute atomic E-state index is 5.41. The van der Waals surface area contributed by atoms with Gasteiger partial charge in [-0.1, -0.05) is 38.5 Å². The molecule has 1 atom stereocenters. The van der Waals surface area contributed by atoms with E-state index in [9.17, 15) is 0 Å². The fourth-order valence-electron chi connectivity index (χ4n) is 2.66. The minimum atomic E-state index is 0.636. The average molecular weight is 260 g/mol. The van der Waals surface area contributed by atoms with Gasteiger partial charge < -0.3 is 4.74 Å². The lowest BCUT2D eigenvalue weighted by Crippen LogP contribution is -2.03.